The van der Waals surface area contributed by atoms with Crippen LogP contribution in [0.1, 0.15) is 51.1 Å². The predicted molar refractivity (Wildman–Crippen MR) is 56.4 cm³/mol. The van der Waals surface area contributed by atoms with E-state index in [0.717, 1.165) is 17.9 Å². The zero-order valence-electron chi connectivity index (χ0n) is 9.17. The van der Waals surface area contributed by atoms with Gasteiger partial charge in [-0.2, -0.15) is 0 Å². The molecule has 0 fully saturated rings. The summed E-state index contributed by atoms with van der Waals surface area (Å²) in [4.78, 5) is 11.2. The standard InChI is InChI=1S/C12H18O2/c1-4-10(13)8-9(3)12-7-6-11(5-2)14-12/h6-7,9H,4-5,8H2,1-3H3. The molecule has 0 aliphatic carbocycles. The van der Waals surface area contributed by atoms with E-state index in [1.165, 1.54) is 0 Å². The van der Waals surface area contributed by atoms with Gasteiger partial charge in [-0.05, 0) is 12.1 Å². The Hall–Kier alpha value is -1.05. The highest BCUT2D eigenvalue weighted by molar-refractivity contribution is 5.78. The zero-order chi connectivity index (χ0) is 10.6. The van der Waals surface area contributed by atoms with Crippen LogP contribution < -0.4 is 0 Å². The lowest BCUT2D eigenvalue weighted by molar-refractivity contribution is -0.119. The van der Waals surface area contributed by atoms with Crippen molar-refractivity contribution < 1.29 is 9.21 Å². The first-order valence-electron chi connectivity index (χ1n) is 5.27. The second-order valence-corrected chi connectivity index (χ2v) is 3.66. The summed E-state index contributed by atoms with van der Waals surface area (Å²) in [5.74, 6) is 2.44. The molecule has 0 bridgehead atoms. The molecule has 2 nitrogen and oxygen atoms in total. The lowest BCUT2D eigenvalue weighted by Crippen LogP contribution is -2.01. The first-order chi connectivity index (χ1) is 6.67. The Bertz CT molecular complexity index is 299. The number of furan rings is 1. The van der Waals surface area contributed by atoms with Crippen LogP contribution in [0.2, 0.25) is 0 Å². The molecule has 78 valence electrons. The van der Waals surface area contributed by atoms with Gasteiger partial charge in [-0.3, -0.25) is 4.79 Å². The molecule has 14 heavy (non-hydrogen) atoms. The molecule has 0 radical (unpaired) electrons. The van der Waals surface area contributed by atoms with Gasteiger partial charge >= 0.3 is 0 Å². The summed E-state index contributed by atoms with van der Waals surface area (Å²) < 4.78 is 5.59. The van der Waals surface area contributed by atoms with E-state index >= 15 is 0 Å². The molecular formula is C12H18O2. The van der Waals surface area contributed by atoms with Gasteiger partial charge in [-0.25, -0.2) is 0 Å². The zero-order valence-corrected chi connectivity index (χ0v) is 9.17. The molecule has 1 atom stereocenters. The van der Waals surface area contributed by atoms with Crippen molar-refractivity contribution in [3.05, 3.63) is 23.7 Å². The predicted octanol–water partition coefficient (Wildman–Crippen LogP) is 3.31. The third kappa shape index (κ3) is 2.72. The normalized spacial score (nSPS) is 12.8. The summed E-state index contributed by atoms with van der Waals surface area (Å²) in [6.07, 6.45) is 2.12. The van der Waals surface area contributed by atoms with Gasteiger partial charge in [0.15, 0.2) is 0 Å². The summed E-state index contributed by atoms with van der Waals surface area (Å²) in [5.41, 5.74) is 0. The molecule has 0 saturated heterocycles. The number of Topliss-reactive ketones (excluding diaryl/α,β-unsaturated/α-hetero) is 1. The van der Waals surface area contributed by atoms with E-state index in [-0.39, 0.29) is 5.92 Å². The molecular weight excluding hydrogens is 176 g/mol. The maximum atomic E-state index is 11.2. The minimum absolute atomic E-state index is 0.211. The van der Waals surface area contributed by atoms with Gasteiger partial charge in [0.25, 0.3) is 0 Å². The minimum atomic E-state index is 0.211. The molecule has 0 aliphatic rings. The van der Waals surface area contributed by atoms with Crippen LogP contribution >= 0.6 is 0 Å². The Morgan fingerprint density at radius 2 is 2.14 bits per heavy atom. The molecule has 0 amide bonds. The van der Waals surface area contributed by atoms with Crippen LogP contribution in [0.5, 0.6) is 0 Å². The van der Waals surface area contributed by atoms with E-state index < -0.39 is 0 Å². The average Bonchev–Trinajstić information content (AvgIpc) is 2.65. The lowest BCUT2D eigenvalue weighted by atomic mass is 10.0. The second-order valence-electron chi connectivity index (χ2n) is 3.66. The third-order valence-corrected chi connectivity index (χ3v) is 2.44. The summed E-state index contributed by atoms with van der Waals surface area (Å²) in [6, 6.07) is 3.97. The van der Waals surface area contributed by atoms with Crippen LogP contribution in [-0.2, 0) is 11.2 Å². The van der Waals surface area contributed by atoms with Gasteiger partial charge in [-0.15, -0.1) is 0 Å². The number of ketones is 1. The minimum Gasteiger partial charge on any atom is -0.466 e. The molecule has 0 N–H and O–H groups in total. The molecule has 1 aromatic heterocycles. The molecule has 2 heteroatoms. The molecule has 0 aromatic carbocycles. The van der Waals surface area contributed by atoms with Crippen LogP contribution in [0.3, 0.4) is 0 Å². The highest BCUT2D eigenvalue weighted by atomic mass is 16.3. The van der Waals surface area contributed by atoms with Crippen molar-refractivity contribution in [2.24, 2.45) is 0 Å². The van der Waals surface area contributed by atoms with Gasteiger partial charge < -0.3 is 4.42 Å². The Morgan fingerprint density at radius 1 is 1.43 bits per heavy atom. The van der Waals surface area contributed by atoms with Crippen LogP contribution in [0.25, 0.3) is 0 Å². The fraction of sp³-hybridized carbons (Fsp3) is 0.583. The van der Waals surface area contributed by atoms with E-state index in [4.69, 9.17) is 4.42 Å². The van der Waals surface area contributed by atoms with E-state index in [2.05, 4.69) is 6.92 Å². The molecule has 1 aromatic rings. The van der Waals surface area contributed by atoms with Gasteiger partial charge in [0.1, 0.15) is 17.3 Å². The molecule has 0 spiro atoms. The number of hydrogen-bond donors (Lipinski definition) is 0. The quantitative estimate of drug-likeness (QED) is 0.719. The lowest BCUT2D eigenvalue weighted by Gasteiger charge is -2.05. The van der Waals surface area contributed by atoms with E-state index in [1.54, 1.807) is 0 Å². The van der Waals surface area contributed by atoms with Crippen LogP contribution in [0.15, 0.2) is 16.5 Å². The molecule has 0 aliphatic heterocycles. The molecule has 1 heterocycles. The smallest absolute Gasteiger partial charge is 0.133 e. The van der Waals surface area contributed by atoms with Crippen molar-refractivity contribution in [1.82, 2.24) is 0 Å². The summed E-state index contributed by atoms with van der Waals surface area (Å²) in [5, 5.41) is 0. The van der Waals surface area contributed by atoms with Gasteiger partial charge in [0.2, 0.25) is 0 Å². The average molecular weight is 194 g/mol. The number of hydrogen-bond acceptors (Lipinski definition) is 2. The van der Waals surface area contributed by atoms with Crippen molar-refractivity contribution in [1.29, 1.82) is 0 Å². The summed E-state index contributed by atoms with van der Waals surface area (Å²) >= 11 is 0. The highest BCUT2D eigenvalue weighted by Crippen LogP contribution is 2.22. The van der Waals surface area contributed by atoms with E-state index in [1.807, 2.05) is 26.0 Å². The van der Waals surface area contributed by atoms with Crippen LogP contribution in [-0.4, -0.2) is 5.78 Å². The second kappa shape index (κ2) is 4.99. The largest absolute Gasteiger partial charge is 0.466 e. The van der Waals surface area contributed by atoms with E-state index in [9.17, 15) is 4.79 Å². The summed E-state index contributed by atoms with van der Waals surface area (Å²) in [7, 11) is 0. The maximum absolute atomic E-state index is 11.2. The SMILES string of the molecule is CCC(=O)CC(C)c1ccc(CC)o1. The Morgan fingerprint density at radius 3 is 2.64 bits per heavy atom. The number of carbonyl (C=O) groups is 1. The number of rotatable bonds is 5. The van der Waals surface area contributed by atoms with Gasteiger partial charge in [-0.1, -0.05) is 20.8 Å². The highest BCUT2D eigenvalue weighted by Gasteiger charge is 2.13. The Kier molecular flexibility index (Phi) is 3.93. The number of carbonyl (C=O) groups excluding carboxylic acids is 1. The summed E-state index contributed by atoms with van der Waals surface area (Å²) in [6.45, 7) is 5.99. The molecule has 0 saturated carbocycles. The van der Waals surface area contributed by atoms with Crippen molar-refractivity contribution in [2.45, 2.75) is 46.0 Å². The fourth-order valence-corrected chi connectivity index (χ4v) is 1.44. The van der Waals surface area contributed by atoms with Crippen LogP contribution in [0.4, 0.5) is 0 Å². The Balaban J connectivity index is 2.60. The first kappa shape index (κ1) is 11.0. The van der Waals surface area contributed by atoms with Crippen molar-refractivity contribution >= 4 is 5.78 Å². The topological polar surface area (TPSA) is 30.2 Å². The monoisotopic (exact) mass is 194 g/mol. The maximum Gasteiger partial charge on any atom is 0.133 e. The molecule has 1 unspecified atom stereocenters. The van der Waals surface area contributed by atoms with Crippen molar-refractivity contribution in [3.63, 3.8) is 0 Å². The van der Waals surface area contributed by atoms with Gasteiger partial charge in [0.05, 0.1) is 0 Å². The number of aryl methyl sites for hydroxylation is 1. The van der Waals surface area contributed by atoms with Gasteiger partial charge in [0, 0.05) is 25.2 Å². The van der Waals surface area contributed by atoms with Crippen molar-refractivity contribution in [3.8, 4) is 0 Å². The molecule has 1 rings (SSSR count). The van der Waals surface area contributed by atoms with Crippen LogP contribution in [0, 0.1) is 0 Å². The first-order valence-corrected chi connectivity index (χ1v) is 5.27. The Labute approximate surface area is 85.3 Å². The fourth-order valence-electron chi connectivity index (χ4n) is 1.44. The van der Waals surface area contributed by atoms with E-state index in [0.29, 0.717) is 18.6 Å². The third-order valence-electron chi connectivity index (χ3n) is 2.44. The van der Waals surface area contributed by atoms with Crippen molar-refractivity contribution in [2.75, 3.05) is 0 Å².